The van der Waals surface area contributed by atoms with Gasteiger partial charge in [-0.1, -0.05) is 11.6 Å². The minimum atomic E-state index is 0.405. The van der Waals surface area contributed by atoms with Crippen LogP contribution in [0.25, 0.3) is 11.4 Å². The first kappa shape index (κ1) is 9.86. The molecule has 76 valence electrons. The van der Waals surface area contributed by atoms with Crippen molar-refractivity contribution in [3.05, 3.63) is 35.1 Å². The summed E-state index contributed by atoms with van der Waals surface area (Å²) in [7, 11) is 0. The van der Waals surface area contributed by atoms with E-state index in [0.717, 1.165) is 5.56 Å². The van der Waals surface area contributed by atoms with Crippen LogP contribution in [0.5, 0.6) is 0 Å². The molecule has 0 spiro atoms. The molecular weight excluding hydrogens is 212 g/mol. The molecule has 2 rings (SSSR count). The van der Waals surface area contributed by atoms with Gasteiger partial charge in [0.05, 0.1) is 5.69 Å². The summed E-state index contributed by atoms with van der Waals surface area (Å²) in [6.45, 7) is 1.87. The Kier molecular flexibility index (Phi) is 2.51. The van der Waals surface area contributed by atoms with Crippen LogP contribution in [0.15, 0.2) is 24.4 Å². The van der Waals surface area contributed by atoms with Gasteiger partial charge in [-0.15, -0.1) is 10.2 Å². The van der Waals surface area contributed by atoms with Gasteiger partial charge in [0.2, 0.25) is 0 Å². The van der Waals surface area contributed by atoms with Gasteiger partial charge in [0.1, 0.15) is 5.69 Å². The molecule has 4 nitrogen and oxygen atoms in total. The summed E-state index contributed by atoms with van der Waals surface area (Å²) in [6, 6.07) is 5.30. The number of nitrogens with zero attached hydrogens (tertiary/aromatic N) is 3. The van der Waals surface area contributed by atoms with Crippen LogP contribution in [-0.4, -0.2) is 15.2 Å². The molecule has 15 heavy (non-hydrogen) atoms. The smallest absolute Gasteiger partial charge is 0.154 e. The van der Waals surface area contributed by atoms with Gasteiger partial charge in [-0.3, -0.25) is 4.98 Å². The molecule has 0 aromatic carbocycles. The van der Waals surface area contributed by atoms with Crippen LogP contribution in [0.3, 0.4) is 0 Å². The molecule has 0 aliphatic rings. The van der Waals surface area contributed by atoms with Gasteiger partial charge in [-0.25, -0.2) is 0 Å². The average Bonchev–Trinajstić information content (AvgIpc) is 2.22. The van der Waals surface area contributed by atoms with Crippen molar-refractivity contribution >= 4 is 17.3 Å². The molecule has 0 radical (unpaired) electrons. The van der Waals surface area contributed by atoms with Crippen molar-refractivity contribution in [2.24, 2.45) is 0 Å². The highest BCUT2D eigenvalue weighted by Gasteiger charge is 2.04. The largest absolute Gasteiger partial charge is 0.399 e. The molecule has 0 aliphatic heterocycles. The third-order valence-corrected chi connectivity index (χ3v) is 2.34. The second-order valence-corrected chi connectivity index (χ2v) is 3.54. The quantitative estimate of drug-likeness (QED) is 0.799. The summed E-state index contributed by atoms with van der Waals surface area (Å²) < 4.78 is 0. The van der Waals surface area contributed by atoms with E-state index < -0.39 is 0 Å². The van der Waals surface area contributed by atoms with E-state index in [4.69, 9.17) is 17.3 Å². The molecule has 0 unspecified atom stereocenters. The van der Waals surface area contributed by atoms with E-state index in [-0.39, 0.29) is 0 Å². The summed E-state index contributed by atoms with van der Waals surface area (Å²) in [5.41, 5.74) is 8.53. The van der Waals surface area contributed by atoms with Crippen LogP contribution in [0.4, 0.5) is 5.69 Å². The predicted octanol–water partition coefficient (Wildman–Crippen LogP) is 2.08. The monoisotopic (exact) mass is 220 g/mol. The molecule has 0 amide bonds. The van der Waals surface area contributed by atoms with E-state index in [1.807, 2.05) is 13.0 Å². The molecule has 0 bridgehead atoms. The molecule has 2 N–H and O–H groups in total. The maximum atomic E-state index is 5.78. The van der Waals surface area contributed by atoms with Gasteiger partial charge in [-0.2, -0.15) is 0 Å². The normalized spacial score (nSPS) is 10.3. The maximum Gasteiger partial charge on any atom is 0.154 e. The number of hydrogen-bond acceptors (Lipinski definition) is 4. The highest BCUT2D eigenvalue weighted by molar-refractivity contribution is 6.30. The van der Waals surface area contributed by atoms with Crippen molar-refractivity contribution in [1.82, 2.24) is 15.2 Å². The molecule has 2 heterocycles. The van der Waals surface area contributed by atoms with E-state index in [2.05, 4.69) is 15.2 Å². The van der Waals surface area contributed by atoms with Crippen molar-refractivity contribution in [1.29, 1.82) is 0 Å². The van der Waals surface area contributed by atoms with Crippen LogP contribution in [0.2, 0.25) is 5.15 Å². The number of aryl methyl sites for hydroxylation is 1. The number of nitrogens with two attached hydrogens (primary N) is 1. The highest BCUT2D eigenvalue weighted by Crippen LogP contribution is 2.19. The topological polar surface area (TPSA) is 64.7 Å². The number of pyridine rings is 1. The average molecular weight is 221 g/mol. The van der Waals surface area contributed by atoms with E-state index in [9.17, 15) is 0 Å². The molecule has 5 heteroatoms. The Bertz CT molecular complexity index is 499. The number of halogens is 1. The summed E-state index contributed by atoms with van der Waals surface area (Å²) >= 11 is 5.78. The molecule has 0 aliphatic carbocycles. The Morgan fingerprint density at radius 2 is 2.00 bits per heavy atom. The first-order valence-electron chi connectivity index (χ1n) is 4.38. The molecular formula is C10H9ClN4. The Morgan fingerprint density at radius 3 is 2.67 bits per heavy atom. The van der Waals surface area contributed by atoms with Crippen molar-refractivity contribution in [2.75, 3.05) is 5.73 Å². The predicted molar refractivity (Wildman–Crippen MR) is 59.4 cm³/mol. The zero-order chi connectivity index (χ0) is 10.8. The summed E-state index contributed by atoms with van der Waals surface area (Å²) in [5.74, 6) is 0. The fourth-order valence-corrected chi connectivity index (χ4v) is 1.27. The Morgan fingerprint density at radius 1 is 1.20 bits per heavy atom. The zero-order valence-electron chi connectivity index (χ0n) is 8.11. The third-order valence-electron chi connectivity index (χ3n) is 1.97. The minimum Gasteiger partial charge on any atom is -0.399 e. The van der Waals surface area contributed by atoms with E-state index >= 15 is 0 Å². The Labute approximate surface area is 92.1 Å². The second kappa shape index (κ2) is 3.82. The van der Waals surface area contributed by atoms with Crippen molar-refractivity contribution in [3.63, 3.8) is 0 Å². The third kappa shape index (κ3) is 2.05. The van der Waals surface area contributed by atoms with Crippen LogP contribution in [-0.2, 0) is 0 Å². The maximum absolute atomic E-state index is 5.78. The lowest BCUT2D eigenvalue weighted by Gasteiger charge is -2.01. The number of nitrogen functional groups attached to an aromatic ring is 1. The van der Waals surface area contributed by atoms with E-state index in [1.165, 1.54) is 0 Å². The van der Waals surface area contributed by atoms with E-state index in [0.29, 0.717) is 22.2 Å². The molecule has 0 atom stereocenters. The first-order chi connectivity index (χ1) is 7.16. The summed E-state index contributed by atoms with van der Waals surface area (Å²) in [6.07, 6.45) is 1.64. The molecule has 2 aromatic rings. The lowest BCUT2D eigenvalue weighted by Crippen LogP contribution is -1.94. The fourth-order valence-electron chi connectivity index (χ4n) is 1.18. The fraction of sp³-hybridized carbons (Fsp3) is 0.100. The Hall–Kier alpha value is -1.68. The van der Waals surface area contributed by atoms with Gasteiger partial charge in [0.25, 0.3) is 0 Å². The van der Waals surface area contributed by atoms with Gasteiger partial charge < -0.3 is 5.73 Å². The van der Waals surface area contributed by atoms with Gasteiger partial charge in [-0.05, 0) is 30.7 Å². The minimum absolute atomic E-state index is 0.405. The number of anilines is 1. The second-order valence-electron chi connectivity index (χ2n) is 3.18. The summed E-state index contributed by atoms with van der Waals surface area (Å²) in [4.78, 5) is 4.16. The van der Waals surface area contributed by atoms with Crippen LogP contribution in [0.1, 0.15) is 5.56 Å². The van der Waals surface area contributed by atoms with Crippen LogP contribution in [0, 0.1) is 6.92 Å². The van der Waals surface area contributed by atoms with Crippen molar-refractivity contribution in [3.8, 4) is 11.4 Å². The number of aromatic nitrogens is 3. The lowest BCUT2D eigenvalue weighted by molar-refractivity contribution is 1.01. The highest BCUT2D eigenvalue weighted by atomic mass is 35.5. The van der Waals surface area contributed by atoms with Crippen molar-refractivity contribution in [2.45, 2.75) is 6.92 Å². The lowest BCUT2D eigenvalue weighted by atomic mass is 10.2. The molecule has 0 saturated carbocycles. The molecule has 2 aromatic heterocycles. The molecule has 0 fully saturated rings. The van der Waals surface area contributed by atoms with Crippen molar-refractivity contribution < 1.29 is 0 Å². The van der Waals surface area contributed by atoms with Crippen LogP contribution < -0.4 is 5.73 Å². The number of rotatable bonds is 1. The zero-order valence-corrected chi connectivity index (χ0v) is 8.86. The van der Waals surface area contributed by atoms with Gasteiger partial charge in [0.15, 0.2) is 5.15 Å². The summed E-state index contributed by atoms with van der Waals surface area (Å²) in [5, 5.41) is 8.18. The standard InChI is InChI=1S/C10H9ClN4/c1-6-4-9(14-15-10(6)11)8-5-7(12)2-3-13-8/h2-5H,1H3,(H2,12,13). The van der Waals surface area contributed by atoms with Gasteiger partial charge >= 0.3 is 0 Å². The SMILES string of the molecule is Cc1cc(-c2cc(N)ccn2)nnc1Cl. The van der Waals surface area contributed by atoms with E-state index in [1.54, 1.807) is 18.3 Å². The van der Waals surface area contributed by atoms with Gasteiger partial charge in [0, 0.05) is 11.9 Å². The Balaban J connectivity index is 2.50. The first-order valence-corrected chi connectivity index (χ1v) is 4.76. The van der Waals surface area contributed by atoms with Crippen LogP contribution >= 0.6 is 11.6 Å². The number of hydrogen-bond donors (Lipinski definition) is 1. The molecule has 0 saturated heterocycles.